The van der Waals surface area contributed by atoms with E-state index in [-0.39, 0.29) is 22.5 Å². The summed E-state index contributed by atoms with van der Waals surface area (Å²) >= 11 is 0. The summed E-state index contributed by atoms with van der Waals surface area (Å²) in [4.78, 5) is 12.1. The zero-order valence-corrected chi connectivity index (χ0v) is 19.8. The van der Waals surface area contributed by atoms with E-state index in [0.717, 1.165) is 14.9 Å². The van der Waals surface area contributed by atoms with Gasteiger partial charge in [-0.05, 0) is 49.4 Å². The van der Waals surface area contributed by atoms with Crippen LogP contribution in [-0.4, -0.2) is 35.6 Å². The molecule has 2 heterocycles. The van der Waals surface area contributed by atoms with Crippen molar-refractivity contribution in [3.63, 3.8) is 0 Å². The van der Waals surface area contributed by atoms with E-state index in [1.54, 1.807) is 53.2 Å². The van der Waals surface area contributed by atoms with E-state index in [1.165, 1.54) is 13.3 Å². The SMILES string of the molecule is COc1cc(C=O)c2c(ccn2S(=O)(=O)c2ccc(C)cc2)c1Cn1cc2ccc(C#N)cc2n1. The van der Waals surface area contributed by atoms with Crippen molar-refractivity contribution in [1.82, 2.24) is 13.8 Å². The van der Waals surface area contributed by atoms with Gasteiger partial charge < -0.3 is 4.74 Å². The standard InChI is InChI=1S/C26H20N4O4S/c1-17-3-7-21(8-4-17)35(32,33)30-10-9-22-23(25(34-2)12-20(16-31)26(22)30)15-29-14-19-6-5-18(13-27)11-24(19)28-29/h3-12,14,16H,15H2,1-2H3. The lowest BCUT2D eigenvalue weighted by molar-refractivity contribution is 0.112. The third-order valence-electron chi connectivity index (χ3n) is 5.96. The van der Waals surface area contributed by atoms with Crippen molar-refractivity contribution in [2.45, 2.75) is 18.4 Å². The van der Waals surface area contributed by atoms with Gasteiger partial charge in [0.1, 0.15) is 5.75 Å². The van der Waals surface area contributed by atoms with Gasteiger partial charge in [0.05, 0.1) is 41.2 Å². The fraction of sp³-hybridized carbons (Fsp3) is 0.115. The van der Waals surface area contributed by atoms with Gasteiger partial charge in [0.15, 0.2) is 6.29 Å². The summed E-state index contributed by atoms with van der Waals surface area (Å²) in [7, 11) is -2.45. The lowest BCUT2D eigenvalue weighted by Gasteiger charge is -2.14. The van der Waals surface area contributed by atoms with E-state index in [4.69, 9.17) is 10.00 Å². The smallest absolute Gasteiger partial charge is 0.268 e. The van der Waals surface area contributed by atoms with E-state index < -0.39 is 10.0 Å². The first-order chi connectivity index (χ1) is 16.8. The van der Waals surface area contributed by atoms with Gasteiger partial charge in [-0.2, -0.15) is 10.4 Å². The number of carbonyl (C=O) groups is 1. The third kappa shape index (κ3) is 3.74. The van der Waals surface area contributed by atoms with Crippen LogP contribution in [0.2, 0.25) is 0 Å². The molecule has 0 fully saturated rings. The van der Waals surface area contributed by atoms with Crippen LogP contribution >= 0.6 is 0 Å². The van der Waals surface area contributed by atoms with E-state index in [9.17, 15) is 13.2 Å². The number of nitriles is 1. The Labute approximate surface area is 201 Å². The summed E-state index contributed by atoms with van der Waals surface area (Å²) in [5.41, 5.74) is 3.28. The van der Waals surface area contributed by atoms with Gasteiger partial charge >= 0.3 is 0 Å². The highest BCUT2D eigenvalue weighted by Gasteiger charge is 2.24. The monoisotopic (exact) mass is 484 g/mol. The lowest BCUT2D eigenvalue weighted by Crippen LogP contribution is -2.13. The summed E-state index contributed by atoms with van der Waals surface area (Å²) in [5.74, 6) is 0.447. The normalized spacial score (nSPS) is 11.6. The van der Waals surface area contributed by atoms with Crippen LogP contribution in [0.25, 0.3) is 21.8 Å². The Kier molecular flexibility index (Phi) is 5.38. The number of methoxy groups -OCH3 is 1. The van der Waals surface area contributed by atoms with Gasteiger partial charge in [0.25, 0.3) is 10.0 Å². The molecule has 35 heavy (non-hydrogen) atoms. The van der Waals surface area contributed by atoms with Crippen LogP contribution in [0.5, 0.6) is 5.75 Å². The second kappa shape index (κ2) is 8.42. The van der Waals surface area contributed by atoms with E-state index in [2.05, 4.69) is 11.2 Å². The predicted octanol–water partition coefficient (Wildman–Crippen LogP) is 4.28. The largest absolute Gasteiger partial charge is 0.496 e. The van der Waals surface area contributed by atoms with E-state index >= 15 is 0 Å². The minimum Gasteiger partial charge on any atom is -0.496 e. The first-order valence-corrected chi connectivity index (χ1v) is 12.2. The molecule has 0 N–H and O–H groups in total. The van der Waals surface area contributed by atoms with Crippen molar-refractivity contribution in [3.8, 4) is 11.8 Å². The van der Waals surface area contributed by atoms with E-state index in [0.29, 0.717) is 34.1 Å². The number of nitrogens with zero attached hydrogens (tertiary/aromatic N) is 4. The molecule has 0 spiro atoms. The number of aryl methyl sites for hydroxylation is 1. The van der Waals surface area contributed by atoms with Crippen LogP contribution in [-0.2, 0) is 16.6 Å². The summed E-state index contributed by atoms with van der Waals surface area (Å²) in [6.07, 6.45) is 3.92. The Bertz CT molecular complexity index is 1760. The summed E-state index contributed by atoms with van der Waals surface area (Å²) in [6.45, 7) is 2.15. The van der Waals surface area contributed by atoms with Crippen LogP contribution in [0.3, 0.4) is 0 Å². The molecule has 2 aromatic heterocycles. The molecule has 3 aromatic carbocycles. The molecule has 0 unspecified atom stereocenters. The molecule has 0 aliphatic rings. The first kappa shape index (κ1) is 22.4. The van der Waals surface area contributed by atoms with E-state index in [1.807, 2.05) is 19.2 Å². The zero-order valence-electron chi connectivity index (χ0n) is 19.0. The van der Waals surface area contributed by atoms with Gasteiger partial charge in [0, 0.05) is 34.3 Å². The van der Waals surface area contributed by atoms with Crippen molar-refractivity contribution >= 4 is 38.1 Å². The maximum Gasteiger partial charge on any atom is 0.268 e. The van der Waals surface area contributed by atoms with Crippen LogP contribution < -0.4 is 4.74 Å². The Morgan fingerprint density at radius 1 is 1.11 bits per heavy atom. The number of fused-ring (bicyclic) bond motifs is 2. The lowest BCUT2D eigenvalue weighted by atomic mass is 10.0. The minimum atomic E-state index is -3.95. The highest BCUT2D eigenvalue weighted by atomic mass is 32.2. The van der Waals surface area contributed by atoms with Crippen molar-refractivity contribution in [1.29, 1.82) is 5.26 Å². The van der Waals surface area contributed by atoms with Crippen molar-refractivity contribution in [3.05, 3.63) is 89.2 Å². The molecular formula is C26H20N4O4S. The second-order valence-electron chi connectivity index (χ2n) is 8.17. The Morgan fingerprint density at radius 2 is 1.89 bits per heavy atom. The van der Waals surface area contributed by atoms with Crippen LogP contribution in [0.4, 0.5) is 0 Å². The van der Waals surface area contributed by atoms with Gasteiger partial charge in [0.2, 0.25) is 0 Å². The molecule has 0 radical (unpaired) electrons. The molecule has 5 rings (SSSR count). The maximum absolute atomic E-state index is 13.5. The topological polar surface area (TPSA) is 107 Å². The van der Waals surface area contributed by atoms with Crippen molar-refractivity contribution in [2.24, 2.45) is 0 Å². The molecule has 9 heteroatoms. The van der Waals surface area contributed by atoms with Crippen molar-refractivity contribution in [2.75, 3.05) is 7.11 Å². The highest BCUT2D eigenvalue weighted by Crippen LogP contribution is 2.34. The fourth-order valence-electron chi connectivity index (χ4n) is 4.21. The molecular weight excluding hydrogens is 464 g/mol. The van der Waals surface area contributed by atoms with Crippen LogP contribution in [0, 0.1) is 18.3 Å². The molecule has 0 aliphatic heterocycles. The first-order valence-electron chi connectivity index (χ1n) is 10.7. The molecule has 0 bridgehead atoms. The molecule has 0 atom stereocenters. The minimum absolute atomic E-state index is 0.126. The molecule has 5 aromatic rings. The number of hydrogen-bond acceptors (Lipinski definition) is 6. The summed E-state index contributed by atoms with van der Waals surface area (Å²) in [6, 6.07) is 17.1. The molecule has 8 nitrogen and oxygen atoms in total. The summed E-state index contributed by atoms with van der Waals surface area (Å²) < 4.78 is 35.3. The number of ether oxygens (including phenoxy) is 1. The van der Waals surface area contributed by atoms with Gasteiger partial charge in [-0.1, -0.05) is 17.7 Å². The second-order valence-corrected chi connectivity index (χ2v) is 9.98. The van der Waals surface area contributed by atoms with Crippen molar-refractivity contribution < 1.29 is 17.9 Å². The molecule has 0 saturated heterocycles. The van der Waals surface area contributed by atoms with Gasteiger partial charge in [-0.25, -0.2) is 12.4 Å². The number of carbonyl (C=O) groups excluding carboxylic acids is 1. The fourth-order valence-corrected chi connectivity index (χ4v) is 5.58. The number of aromatic nitrogens is 3. The molecule has 0 amide bonds. The number of hydrogen-bond donors (Lipinski definition) is 0. The number of rotatable bonds is 6. The number of aldehydes is 1. The quantitative estimate of drug-likeness (QED) is 0.333. The van der Waals surface area contributed by atoms with Crippen LogP contribution in [0.15, 0.2) is 71.9 Å². The Balaban J connectivity index is 1.69. The molecule has 0 saturated carbocycles. The molecule has 174 valence electrons. The summed E-state index contributed by atoms with van der Waals surface area (Å²) in [5, 5.41) is 15.2. The number of benzene rings is 3. The molecule has 0 aliphatic carbocycles. The van der Waals surface area contributed by atoms with Gasteiger partial charge in [-0.3, -0.25) is 9.48 Å². The average Bonchev–Trinajstić information content (AvgIpc) is 3.48. The van der Waals surface area contributed by atoms with Crippen LogP contribution in [0.1, 0.15) is 27.0 Å². The average molecular weight is 485 g/mol. The zero-order chi connectivity index (χ0) is 24.7. The third-order valence-corrected chi connectivity index (χ3v) is 7.65. The van der Waals surface area contributed by atoms with Gasteiger partial charge in [-0.15, -0.1) is 0 Å². The predicted molar refractivity (Wildman–Crippen MR) is 131 cm³/mol. The Hall–Kier alpha value is -4.42. The maximum atomic E-state index is 13.5. The Morgan fingerprint density at radius 3 is 2.57 bits per heavy atom. The highest BCUT2D eigenvalue weighted by molar-refractivity contribution is 7.90.